The van der Waals surface area contributed by atoms with Gasteiger partial charge in [-0.3, -0.25) is 14.4 Å². The first kappa shape index (κ1) is 23.0. The molecule has 0 radical (unpaired) electrons. The van der Waals surface area contributed by atoms with Crippen LogP contribution in [0.4, 0.5) is 0 Å². The van der Waals surface area contributed by atoms with Gasteiger partial charge < -0.3 is 19.9 Å². The maximum atomic E-state index is 13.4. The Kier molecular flexibility index (Phi) is 7.08. The summed E-state index contributed by atoms with van der Waals surface area (Å²) in [6.07, 6.45) is 0.626. The van der Waals surface area contributed by atoms with Crippen LogP contribution in [0.2, 0.25) is 0 Å². The minimum Gasteiger partial charge on any atom is -0.383 e. The third-order valence-electron chi connectivity index (χ3n) is 6.56. The second-order valence-electron chi connectivity index (χ2n) is 8.79. The van der Waals surface area contributed by atoms with Crippen LogP contribution in [0.15, 0.2) is 48.5 Å². The molecule has 0 bridgehead atoms. The number of aryl methyl sites for hydroxylation is 1. The topological polar surface area (TPSA) is 79.0 Å². The number of rotatable bonds is 7. The third kappa shape index (κ3) is 5.09. The Balaban J connectivity index is 1.51. The monoisotopic (exact) mass is 449 g/mol. The molecule has 2 aliphatic rings. The molecular formula is C26H31N3O4. The van der Waals surface area contributed by atoms with Gasteiger partial charge in [0.15, 0.2) is 0 Å². The lowest BCUT2D eigenvalue weighted by molar-refractivity contribution is -0.146. The highest BCUT2D eigenvalue weighted by Gasteiger charge is 2.41. The first-order chi connectivity index (χ1) is 16.0. The van der Waals surface area contributed by atoms with Crippen molar-refractivity contribution >= 4 is 17.7 Å². The highest BCUT2D eigenvalue weighted by molar-refractivity contribution is 5.93. The van der Waals surface area contributed by atoms with Gasteiger partial charge in [-0.2, -0.15) is 0 Å². The van der Waals surface area contributed by atoms with E-state index in [0.29, 0.717) is 39.2 Å². The van der Waals surface area contributed by atoms with Crippen LogP contribution in [0, 0.1) is 12.8 Å². The quantitative estimate of drug-likeness (QED) is 0.702. The number of piperazine rings is 1. The van der Waals surface area contributed by atoms with Crippen LogP contribution >= 0.6 is 0 Å². The van der Waals surface area contributed by atoms with Gasteiger partial charge in [0.05, 0.1) is 12.5 Å². The van der Waals surface area contributed by atoms with Crippen LogP contribution in [-0.4, -0.2) is 73.5 Å². The van der Waals surface area contributed by atoms with Crippen LogP contribution in [-0.2, 0) is 25.5 Å². The largest absolute Gasteiger partial charge is 0.383 e. The first-order valence-corrected chi connectivity index (χ1v) is 11.5. The number of hydrogen-bond acceptors (Lipinski definition) is 4. The molecule has 2 atom stereocenters. The molecule has 2 aromatic carbocycles. The molecular weight excluding hydrogens is 418 g/mol. The van der Waals surface area contributed by atoms with Gasteiger partial charge >= 0.3 is 0 Å². The molecule has 2 heterocycles. The molecule has 4 rings (SSSR count). The summed E-state index contributed by atoms with van der Waals surface area (Å²) in [5.41, 5.74) is 4.43. The van der Waals surface area contributed by atoms with Gasteiger partial charge in [-0.15, -0.1) is 0 Å². The lowest BCUT2D eigenvalue weighted by Crippen LogP contribution is -2.59. The maximum Gasteiger partial charge on any atom is 0.243 e. The van der Waals surface area contributed by atoms with E-state index in [2.05, 4.69) is 36.5 Å². The number of carbonyl (C=O) groups excluding carboxylic acids is 3. The zero-order chi connectivity index (χ0) is 23.4. The third-order valence-corrected chi connectivity index (χ3v) is 6.56. The van der Waals surface area contributed by atoms with E-state index in [1.165, 1.54) is 5.56 Å². The maximum absolute atomic E-state index is 13.4. The Morgan fingerprint density at radius 1 is 1.15 bits per heavy atom. The Hall–Kier alpha value is -3.19. The molecule has 2 aliphatic heterocycles. The van der Waals surface area contributed by atoms with E-state index in [1.54, 1.807) is 16.9 Å². The van der Waals surface area contributed by atoms with E-state index in [0.717, 1.165) is 16.7 Å². The van der Waals surface area contributed by atoms with Crippen LogP contribution in [0.5, 0.6) is 0 Å². The van der Waals surface area contributed by atoms with E-state index in [-0.39, 0.29) is 24.1 Å². The van der Waals surface area contributed by atoms with Gasteiger partial charge in [-0.1, -0.05) is 48.5 Å². The van der Waals surface area contributed by atoms with Crippen LogP contribution in [0.3, 0.4) is 0 Å². The zero-order valence-corrected chi connectivity index (χ0v) is 19.3. The second kappa shape index (κ2) is 10.2. The van der Waals surface area contributed by atoms with Crippen molar-refractivity contribution < 1.29 is 19.1 Å². The lowest BCUT2D eigenvalue weighted by Gasteiger charge is -2.36. The Bertz CT molecular complexity index is 1040. The zero-order valence-electron chi connectivity index (χ0n) is 19.3. The molecule has 0 spiro atoms. The Morgan fingerprint density at radius 3 is 2.76 bits per heavy atom. The van der Waals surface area contributed by atoms with Gasteiger partial charge in [0.2, 0.25) is 17.7 Å². The summed E-state index contributed by atoms with van der Waals surface area (Å²) in [6.45, 7) is 4.27. The average Bonchev–Trinajstić information content (AvgIpc) is 3.19. The summed E-state index contributed by atoms with van der Waals surface area (Å²) >= 11 is 0. The molecule has 174 valence electrons. The van der Waals surface area contributed by atoms with Crippen LogP contribution < -0.4 is 5.32 Å². The van der Waals surface area contributed by atoms with Gasteiger partial charge in [0, 0.05) is 46.1 Å². The highest BCUT2D eigenvalue weighted by atomic mass is 16.5. The predicted molar refractivity (Wildman–Crippen MR) is 125 cm³/mol. The number of carbonyl (C=O) groups is 3. The predicted octanol–water partition coefficient (Wildman–Crippen LogP) is 2.03. The number of amides is 3. The van der Waals surface area contributed by atoms with Gasteiger partial charge in [-0.25, -0.2) is 0 Å². The highest BCUT2D eigenvalue weighted by Crippen LogP contribution is 2.26. The SMILES string of the molecule is COCCN1C[C@H](C(=O)N2CCNC(=O)[C@H]2Cc2cccc(-c3ccccc3C)c2)CC1=O. The van der Waals surface area contributed by atoms with E-state index >= 15 is 0 Å². The fourth-order valence-electron chi connectivity index (χ4n) is 4.76. The first-order valence-electron chi connectivity index (χ1n) is 11.5. The second-order valence-corrected chi connectivity index (χ2v) is 8.79. The average molecular weight is 450 g/mol. The van der Waals surface area contributed by atoms with Crippen LogP contribution in [0.25, 0.3) is 11.1 Å². The van der Waals surface area contributed by atoms with E-state index in [1.807, 2.05) is 24.3 Å². The number of hydrogen-bond donors (Lipinski definition) is 1. The van der Waals surface area contributed by atoms with Gasteiger partial charge in [-0.05, 0) is 29.2 Å². The van der Waals surface area contributed by atoms with Crippen LogP contribution in [0.1, 0.15) is 17.5 Å². The van der Waals surface area contributed by atoms with Crippen molar-refractivity contribution in [3.8, 4) is 11.1 Å². The van der Waals surface area contributed by atoms with E-state index in [9.17, 15) is 14.4 Å². The Labute approximate surface area is 194 Å². The Morgan fingerprint density at radius 2 is 1.97 bits per heavy atom. The molecule has 2 fully saturated rings. The van der Waals surface area contributed by atoms with Gasteiger partial charge in [0.25, 0.3) is 0 Å². The number of likely N-dealkylation sites (tertiary alicyclic amines) is 1. The molecule has 0 unspecified atom stereocenters. The van der Waals surface area contributed by atoms with Crippen molar-refractivity contribution in [3.63, 3.8) is 0 Å². The summed E-state index contributed by atoms with van der Waals surface area (Å²) in [4.78, 5) is 41.9. The standard InChI is InChI=1S/C26H31N3O4/c1-18-6-3-4-9-22(18)20-8-5-7-19(14-20)15-23-25(31)27-10-11-29(23)26(32)21-16-24(30)28(17-21)12-13-33-2/h3-9,14,21,23H,10-13,15-17H2,1-2H3,(H,27,31)/t21-,23-/m1/s1. The number of nitrogens with one attached hydrogen (secondary N) is 1. The van der Waals surface area contributed by atoms with Gasteiger partial charge in [0.1, 0.15) is 6.04 Å². The molecule has 0 aromatic heterocycles. The van der Waals surface area contributed by atoms with Crippen molar-refractivity contribution in [1.82, 2.24) is 15.1 Å². The van der Waals surface area contributed by atoms with Crippen molar-refractivity contribution in [2.75, 3.05) is 39.9 Å². The van der Waals surface area contributed by atoms with E-state index in [4.69, 9.17) is 4.74 Å². The molecule has 7 nitrogen and oxygen atoms in total. The molecule has 0 aliphatic carbocycles. The molecule has 3 amide bonds. The molecule has 2 aromatic rings. The molecule has 0 saturated carbocycles. The fraction of sp³-hybridized carbons (Fsp3) is 0.423. The summed E-state index contributed by atoms with van der Waals surface area (Å²) in [7, 11) is 1.59. The molecule has 33 heavy (non-hydrogen) atoms. The number of nitrogens with zero attached hydrogens (tertiary/aromatic N) is 2. The number of benzene rings is 2. The minimum atomic E-state index is -0.582. The summed E-state index contributed by atoms with van der Waals surface area (Å²) in [5, 5.41) is 2.90. The van der Waals surface area contributed by atoms with Crippen molar-refractivity contribution in [2.45, 2.75) is 25.8 Å². The fourth-order valence-corrected chi connectivity index (χ4v) is 4.76. The number of ether oxygens (including phenoxy) is 1. The lowest BCUT2D eigenvalue weighted by atomic mass is 9.95. The molecule has 1 N–H and O–H groups in total. The molecule has 7 heteroatoms. The minimum absolute atomic E-state index is 0.0330. The number of methoxy groups -OCH3 is 1. The van der Waals surface area contributed by atoms with Crippen molar-refractivity contribution in [3.05, 3.63) is 59.7 Å². The molecule has 2 saturated heterocycles. The van der Waals surface area contributed by atoms with Crippen molar-refractivity contribution in [2.24, 2.45) is 5.92 Å². The normalized spacial score (nSPS) is 20.8. The van der Waals surface area contributed by atoms with Crippen molar-refractivity contribution in [1.29, 1.82) is 0 Å². The summed E-state index contributed by atoms with van der Waals surface area (Å²) in [6, 6.07) is 15.8. The smallest absolute Gasteiger partial charge is 0.243 e. The van der Waals surface area contributed by atoms with E-state index < -0.39 is 12.0 Å². The summed E-state index contributed by atoms with van der Waals surface area (Å²) in [5.74, 6) is -0.704. The summed E-state index contributed by atoms with van der Waals surface area (Å²) < 4.78 is 5.07.